The van der Waals surface area contributed by atoms with Gasteiger partial charge in [0.05, 0.1) is 23.6 Å². The highest BCUT2D eigenvalue weighted by Crippen LogP contribution is 2.31. The molecule has 7 nitrogen and oxygen atoms in total. The summed E-state index contributed by atoms with van der Waals surface area (Å²) >= 11 is 0. The molecule has 7 heteroatoms. The number of phenolic OH excluding ortho intramolecular Hbond substituents is 1. The van der Waals surface area contributed by atoms with Gasteiger partial charge in [0.2, 0.25) is 5.91 Å². The molecule has 1 amide bonds. The van der Waals surface area contributed by atoms with E-state index in [4.69, 9.17) is 4.98 Å². The van der Waals surface area contributed by atoms with E-state index >= 15 is 0 Å². The highest BCUT2D eigenvalue weighted by Gasteiger charge is 2.24. The Morgan fingerprint density at radius 3 is 2.45 bits per heavy atom. The Balaban J connectivity index is 1.65. The fourth-order valence-corrected chi connectivity index (χ4v) is 3.63. The normalized spacial score (nSPS) is 15.5. The highest BCUT2D eigenvalue weighted by molar-refractivity contribution is 5.91. The van der Waals surface area contributed by atoms with Crippen LogP contribution in [0.25, 0.3) is 22.3 Å². The highest BCUT2D eigenvalue weighted by atomic mass is 16.3. The summed E-state index contributed by atoms with van der Waals surface area (Å²) in [6.45, 7) is 4.08. The van der Waals surface area contributed by atoms with E-state index in [1.54, 1.807) is 30.0 Å². The minimum atomic E-state index is -0.632. The van der Waals surface area contributed by atoms with E-state index in [9.17, 15) is 15.0 Å². The number of nitrogens with zero attached hydrogens (tertiary/aromatic N) is 4. The number of phenols is 1. The molecule has 1 fully saturated rings. The van der Waals surface area contributed by atoms with Crippen LogP contribution < -0.4 is 4.90 Å². The zero-order valence-corrected chi connectivity index (χ0v) is 16.3. The third kappa shape index (κ3) is 4.00. The molecule has 2 aromatic carbocycles. The largest absolute Gasteiger partial charge is 0.507 e. The number of amides is 1. The zero-order chi connectivity index (χ0) is 20.4. The third-order valence-electron chi connectivity index (χ3n) is 5.13. The maximum atomic E-state index is 12.2. The molecule has 3 aromatic rings. The van der Waals surface area contributed by atoms with Crippen molar-refractivity contribution in [3.05, 3.63) is 48.5 Å². The summed E-state index contributed by atoms with van der Waals surface area (Å²) in [5.41, 5.74) is 1.40. The lowest BCUT2D eigenvalue weighted by Gasteiger charge is -2.36. The van der Waals surface area contributed by atoms with Crippen molar-refractivity contribution in [3.8, 4) is 17.1 Å². The number of aliphatic hydroxyl groups excluding tert-OH is 1. The fraction of sp³-hybridized carbons (Fsp3) is 0.318. The van der Waals surface area contributed by atoms with Crippen molar-refractivity contribution in [3.63, 3.8) is 0 Å². The number of piperazine rings is 1. The van der Waals surface area contributed by atoms with Crippen LogP contribution in [0.5, 0.6) is 5.75 Å². The minimum Gasteiger partial charge on any atom is -0.507 e. The second-order valence-electron chi connectivity index (χ2n) is 7.33. The molecule has 29 heavy (non-hydrogen) atoms. The number of fused-ring (bicyclic) bond motifs is 1. The Morgan fingerprint density at radius 1 is 1.03 bits per heavy atom. The van der Waals surface area contributed by atoms with Gasteiger partial charge < -0.3 is 20.0 Å². The lowest BCUT2D eigenvalue weighted by atomic mass is 10.1. The van der Waals surface area contributed by atoms with Crippen LogP contribution in [0, 0.1) is 0 Å². The average Bonchev–Trinajstić information content (AvgIpc) is 2.73. The Labute approximate surface area is 169 Å². The van der Waals surface area contributed by atoms with Gasteiger partial charge in [-0.2, -0.15) is 0 Å². The summed E-state index contributed by atoms with van der Waals surface area (Å²) in [5.74, 6) is 1.39. The van der Waals surface area contributed by atoms with Crippen LogP contribution in [-0.2, 0) is 4.79 Å². The summed E-state index contributed by atoms with van der Waals surface area (Å²) in [7, 11) is 0. The lowest BCUT2D eigenvalue weighted by molar-refractivity contribution is -0.133. The number of aromatic hydroxyl groups is 1. The smallest absolute Gasteiger partial charge is 0.225 e. The molecule has 150 valence electrons. The molecular weight excluding hydrogens is 368 g/mol. The van der Waals surface area contributed by atoms with Gasteiger partial charge in [0.1, 0.15) is 11.6 Å². The molecule has 0 unspecified atom stereocenters. The number of para-hydroxylation sites is 2. The number of carbonyl (C=O) groups excluding carboxylic acids is 1. The maximum absolute atomic E-state index is 12.2. The third-order valence-corrected chi connectivity index (χ3v) is 5.13. The molecule has 1 aliphatic rings. The van der Waals surface area contributed by atoms with Crippen molar-refractivity contribution < 1.29 is 15.0 Å². The van der Waals surface area contributed by atoms with E-state index < -0.39 is 6.10 Å². The van der Waals surface area contributed by atoms with Gasteiger partial charge in [-0.25, -0.2) is 9.97 Å². The molecule has 1 atom stereocenters. The van der Waals surface area contributed by atoms with Gasteiger partial charge in [-0.1, -0.05) is 24.3 Å². The van der Waals surface area contributed by atoms with Crippen molar-refractivity contribution in [2.24, 2.45) is 0 Å². The molecule has 0 bridgehead atoms. The molecule has 1 aromatic heterocycles. The van der Waals surface area contributed by atoms with E-state index in [-0.39, 0.29) is 18.1 Å². The first-order chi connectivity index (χ1) is 14.0. The molecule has 0 saturated carbocycles. The van der Waals surface area contributed by atoms with Crippen molar-refractivity contribution in [1.82, 2.24) is 14.9 Å². The first-order valence-electron chi connectivity index (χ1n) is 9.79. The van der Waals surface area contributed by atoms with E-state index in [0.717, 1.165) is 16.7 Å². The molecular formula is C22H24N4O3. The van der Waals surface area contributed by atoms with Gasteiger partial charge in [0.25, 0.3) is 0 Å². The van der Waals surface area contributed by atoms with Crippen LogP contribution >= 0.6 is 0 Å². The molecule has 1 aliphatic heterocycles. The number of rotatable bonds is 4. The summed E-state index contributed by atoms with van der Waals surface area (Å²) in [4.78, 5) is 25.6. The molecule has 1 saturated heterocycles. The number of benzene rings is 2. The molecule has 0 spiro atoms. The fourth-order valence-electron chi connectivity index (χ4n) is 3.63. The maximum Gasteiger partial charge on any atom is 0.225 e. The Hall–Kier alpha value is -3.19. The van der Waals surface area contributed by atoms with Gasteiger partial charge >= 0.3 is 0 Å². The van der Waals surface area contributed by atoms with Crippen LogP contribution in [0.2, 0.25) is 0 Å². The van der Waals surface area contributed by atoms with E-state index in [0.29, 0.717) is 37.6 Å². The van der Waals surface area contributed by atoms with E-state index in [1.807, 2.05) is 30.3 Å². The van der Waals surface area contributed by atoms with Crippen LogP contribution in [0.3, 0.4) is 0 Å². The van der Waals surface area contributed by atoms with Gasteiger partial charge in [-0.15, -0.1) is 0 Å². The van der Waals surface area contributed by atoms with Gasteiger partial charge in [0, 0.05) is 31.6 Å². The topological polar surface area (TPSA) is 89.8 Å². The van der Waals surface area contributed by atoms with Crippen molar-refractivity contribution in [2.75, 3.05) is 31.1 Å². The minimum absolute atomic E-state index is 0.0258. The van der Waals surface area contributed by atoms with Crippen molar-refractivity contribution >= 4 is 22.6 Å². The first kappa shape index (κ1) is 19.1. The molecule has 4 rings (SSSR count). The van der Waals surface area contributed by atoms with Crippen LogP contribution in [-0.4, -0.2) is 63.3 Å². The summed E-state index contributed by atoms with van der Waals surface area (Å²) in [5, 5.41) is 20.7. The molecule has 0 radical (unpaired) electrons. The second kappa shape index (κ2) is 8.05. The SMILES string of the molecule is C[C@H](O)CC(=O)N1CCN(c2nc(-c3ccccc3O)nc3ccccc23)CC1. The second-order valence-corrected chi connectivity index (χ2v) is 7.33. The predicted molar refractivity (Wildman–Crippen MR) is 112 cm³/mol. The van der Waals surface area contributed by atoms with Crippen molar-refractivity contribution in [2.45, 2.75) is 19.4 Å². The van der Waals surface area contributed by atoms with Gasteiger partial charge in [0.15, 0.2) is 5.82 Å². The number of hydrogen-bond acceptors (Lipinski definition) is 6. The monoisotopic (exact) mass is 392 g/mol. The Kier molecular flexibility index (Phi) is 5.31. The number of aliphatic hydroxyl groups is 1. The lowest BCUT2D eigenvalue weighted by Crippen LogP contribution is -2.49. The predicted octanol–water partition coefficient (Wildman–Crippen LogP) is 2.42. The van der Waals surface area contributed by atoms with E-state index in [2.05, 4.69) is 9.88 Å². The number of anilines is 1. The summed E-state index contributed by atoms with van der Waals surface area (Å²) in [6.07, 6.45) is -0.485. The number of aromatic nitrogens is 2. The van der Waals surface area contributed by atoms with Gasteiger partial charge in [-0.05, 0) is 31.2 Å². The Morgan fingerprint density at radius 2 is 1.72 bits per heavy atom. The number of hydrogen-bond donors (Lipinski definition) is 2. The molecule has 2 heterocycles. The quantitative estimate of drug-likeness (QED) is 0.709. The molecule has 2 N–H and O–H groups in total. The van der Waals surface area contributed by atoms with Crippen LogP contribution in [0.4, 0.5) is 5.82 Å². The molecule has 0 aliphatic carbocycles. The van der Waals surface area contributed by atoms with Crippen LogP contribution in [0.15, 0.2) is 48.5 Å². The van der Waals surface area contributed by atoms with E-state index in [1.165, 1.54) is 0 Å². The van der Waals surface area contributed by atoms with Crippen molar-refractivity contribution in [1.29, 1.82) is 0 Å². The van der Waals surface area contributed by atoms with Gasteiger partial charge in [-0.3, -0.25) is 4.79 Å². The summed E-state index contributed by atoms with van der Waals surface area (Å²) in [6, 6.07) is 14.9. The first-order valence-corrected chi connectivity index (χ1v) is 9.79. The summed E-state index contributed by atoms with van der Waals surface area (Å²) < 4.78 is 0. The Bertz CT molecular complexity index is 1030. The van der Waals surface area contributed by atoms with Crippen LogP contribution in [0.1, 0.15) is 13.3 Å². The average molecular weight is 392 g/mol. The standard InChI is InChI=1S/C22H24N4O3/c1-15(27)14-20(29)25-10-12-26(13-11-25)22-16-6-2-4-8-18(16)23-21(24-22)17-7-3-5-9-19(17)28/h2-9,15,27-28H,10-14H2,1H3/t15-/m0/s1. The number of carbonyl (C=O) groups is 1. The zero-order valence-electron chi connectivity index (χ0n) is 16.3.